The van der Waals surface area contributed by atoms with Gasteiger partial charge in [-0.3, -0.25) is 5.43 Å². The van der Waals surface area contributed by atoms with Crippen molar-refractivity contribution in [3.63, 3.8) is 0 Å². The summed E-state index contributed by atoms with van der Waals surface area (Å²) in [6.45, 7) is 7.08. The van der Waals surface area contributed by atoms with Gasteiger partial charge in [-0.1, -0.05) is 45.4 Å². The molecule has 0 saturated heterocycles. The molecule has 0 spiro atoms. The second-order valence-electron chi connectivity index (χ2n) is 8.68. The van der Waals surface area contributed by atoms with E-state index in [2.05, 4.69) is 41.3 Å². The van der Waals surface area contributed by atoms with E-state index in [1.165, 1.54) is 23.3 Å². The highest BCUT2D eigenvalue weighted by Crippen LogP contribution is 2.45. The van der Waals surface area contributed by atoms with E-state index in [0.29, 0.717) is 11.3 Å². The van der Waals surface area contributed by atoms with Gasteiger partial charge in [0.05, 0.1) is 12.5 Å². The number of methoxy groups -OCH3 is 1. The van der Waals surface area contributed by atoms with Crippen LogP contribution in [0, 0.1) is 11.3 Å². The Kier molecular flexibility index (Phi) is 6.37. The number of para-hydroxylation sites is 1. The number of hydrogen-bond acceptors (Lipinski definition) is 6. The van der Waals surface area contributed by atoms with Gasteiger partial charge in [0.15, 0.2) is 5.82 Å². The van der Waals surface area contributed by atoms with Crippen molar-refractivity contribution in [3.05, 3.63) is 52.7 Å². The van der Waals surface area contributed by atoms with Gasteiger partial charge in [0.25, 0.3) is 0 Å². The van der Waals surface area contributed by atoms with E-state index < -0.39 is 0 Å². The standard InChI is InChI=1S/C25H30N4OS/c1-5-25(2,3)18-12-13-21-19(15-18)22-23(26-16-27-24(22)31-21)29-28-14-8-10-17-9-6-7-11-20(17)30-4/h6-11,14,16,18H,5,12-13,15H2,1-4H3,(H,26,27,29)/b10-8+,28-14-/t18-/m1/s1. The largest absolute Gasteiger partial charge is 0.496 e. The molecule has 2 heterocycles. The molecule has 0 bridgehead atoms. The lowest BCUT2D eigenvalue weighted by Crippen LogP contribution is -2.28. The van der Waals surface area contributed by atoms with Crippen LogP contribution in [-0.4, -0.2) is 23.3 Å². The summed E-state index contributed by atoms with van der Waals surface area (Å²) in [5.74, 6) is 2.31. The highest BCUT2D eigenvalue weighted by molar-refractivity contribution is 7.19. The van der Waals surface area contributed by atoms with Crippen LogP contribution in [0.5, 0.6) is 5.75 Å². The minimum Gasteiger partial charge on any atom is -0.496 e. The lowest BCUT2D eigenvalue weighted by atomic mass is 9.69. The molecule has 3 aromatic rings. The molecule has 1 aromatic carbocycles. The number of benzene rings is 1. The number of nitrogens with one attached hydrogen (secondary N) is 1. The third kappa shape index (κ3) is 4.49. The van der Waals surface area contributed by atoms with E-state index in [-0.39, 0.29) is 0 Å². The van der Waals surface area contributed by atoms with Gasteiger partial charge in [-0.05, 0) is 54.4 Å². The van der Waals surface area contributed by atoms with Crippen molar-refractivity contribution in [1.29, 1.82) is 0 Å². The number of nitrogens with zero attached hydrogens (tertiary/aromatic N) is 3. The Balaban J connectivity index is 1.55. The molecule has 1 aliphatic rings. The molecule has 162 valence electrons. The minimum atomic E-state index is 0.344. The molecule has 1 aliphatic carbocycles. The Morgan fingerprint density at radius 1 is 1.29 bits per heavy atom. The van der Waals surface area contributed by atoms with Gasteiger partial charge in [-0.15, -0.1) is 11.3 Å². The average molecular weight is 435 g/mol. The molecule has 2 aromatic heterocycles. The van der Waals surface area contributed by atoms with Crippen LogP contribution in [0.1, 0.15) is 49.6 Å². The molecule has 5 nitrogen and oxygen atoms in total. The van der Waals surface area contributed by atoms with Crippen LogP contribution in [0.25, 0.3) is 16.3 Å². The van der Waals surface area contributed by atoms with Crippen molar-refractivity contribution in [2.45, 2.75) is 46.5 Å². The Labute approximate surface area is 188 Å². The van der Waals surface area contributed by atoms with Crippen LogP contribution in [0.15, 0.2) is 41.8 Å². The number of aryl methyl sites for hydroxylation is 1. The molecule has 1 atom stereocenters. The zero-order chi connectivity index (χ0) is 21.8. The molecule has 0 aliphatic heterocycles. The number of hydrazone groups is 1. The lowest BCUT2D eigenvalue weighted by molar-refractivity contribution is 0.184. The van der Waals surface area contributed by atoms with Crippen molar-refractivity contribution in [2.24, 2.45) is 16.4 Å². The van der Waals surface area contributed by atoms with Crippen molar-refractivity contribution in [3.8, 4) is 5.75 Å². The summed E-state index contributed by atoms with van der Waals surface area (Å²) >= 11 is 1.81. The van der Waals surface area contributed by atoms with Crippen molar-refractivity contribution in [1.82, 2.24) is 9.97 Å². The van der Waals surface area contributed by atoms with Gasteiger partial charge in [0.1, 0.15) is 16.9 Å². The van der Waals surface area contributed by atoms with Crippen LogP contribution in [0.4, 0.5) is 5.82 Å². The van der Waals surface area contributed by atoms with Crippen molar-refractivity contribution in [2.75, 3.05) is 12.5 Å². The number of allylic oxidation sites excluding steroid dienone is 1. The first-order valence-electron chi connectivity index (χ1n) is 10.9. The number of aromatic nitrogens is 2. The van der Waals surface area contributed by atoms with Crippen LogP contribution in [-0.2, 0) is 12.8 Å². The van der Waals surface area contributed by atoms with Gasteiger partial charge >= 0.3 is 0 Å². The Morgan fingerprint density at radius 3 is 2.94 bits per heavy atom. The van der Waals surface area contributed by atoms with Gasteiger partial charge in [0.2, 0.25) is 0 Å². The Hall–Kier alpha value is -2.73. The average Bonchev–Trinajstić information content (AvgIpc) is 3.17. The van der Waals surface area contributed by atoms with E-state index in [1.807, 2.05) is 47.8 Å². The Bertz CT molecular complexity index is 1120. The molecular weight excluding hydrogens is 404 g/mol. The molecule has 4 rings (SSSR count). The number of hydrogen-bond donors (Lipinski definition) is 1. The predicted octanol–water partition coefficient (Wildman–Crippen LogP) is 6.35. The predicted molar refractivity (Wildman–Crippen MR) is 131 cm³/mol. The van der Waals surface area contributed by atoms with Crippen molar-refractivity contribution < 1.29 is 4.74 Å². The van der Waals surface area contributed by atoms with E-state index in [4.69, 9.17) is 4.74 Å². The summed E-state index contributed by atoms with van der Waals surface area (Å²) in [7, 11) is 1.68. The fourth-order valence-corrected chi connectivity index (χ4v) is 5.42. The molecule has 6 heteroatoms. The summed E-state index contributed by atoms with van der Waals surface area (Å²) in [5.41, 5.74) is 5.92. The first-order valence-corrected chi connectivity index (χ1v) is 11.7. The summed E-state index contributed by atoms with van der Waals surface area (Å²) in [4.78, 5) is 11.6. The maximum atomic E-state index is 5.38. The van der Waals surface area contributed by atoms with Crippen LogP contribution >= 0.6 is 11.3 Å². The maximum absolute atomic E-state index is 5.38. The molecule has 0 saturated carbocycles. The van der Waals surface area contributed by atoms with Crippen LogP contribution in [0.3, 0.4) is 0 Å². The zero-order valence-electron chi connectivity index (χ0n) is 18.7. The first-order chi connectivity index (χ1) is 15.0. The van der Waals surface area contributed by atoms with Crippen LogP contribution in [0.2, 0.25) is 0 Å². The molecular formula is C25H30N4OS. The number of thiophene rings is 1. The third-order valence-electron chi connectivity index (χ3n) is 6.60. The van der Waals surface area contributed by atoms with E-state index in [9.17, 15) is 0 Å². The normalized spacial score (nSPS) is 16.8. The van der Waals surface area contributed by atoms with E-state index in [1.54, 1.807) is 19.7 Å². The molecule has 0 fully saturated rings. The van der Waals surface area contributed by atoms with E-state index in [0.717, 1.165) is 40.2 Å². The molecule has 0 radical (unpaired) electrons. The monoisotopic (exact) mass is 434 g/mol. The van der Waals surface area contributed by atoms with Gasteiger partial charge in [-0.2, -0.15) is 5.10 Å². The van der Waals surface area contributed by atoms with Crippen molar-refractivity contribution >= 4 is 39.7 Å². The minimum absolute atomic E-state index is 0.344. The highest BCUT2D eigenvalue weighted by Gasteiger charge is 2.33. The van der Waals surface area contributed by atoms with Gasteiger partial charge < -0.3 is 4.74 Å². The Morgan fingerprint density at radius 2 is 2.13 bits per heavy atom. The van der Waals surface area contributed by atoms with Gasteiger partial charge in [-0.25, -0.2) is 9.97 Å². The van der Waals surface area contributed by atoms with E-state index >= 15 is 0 Å². The van der Waals surface area contributed by atoms with Crippen LogP contribution < -0.4 is 10.2 Å². The third-order valence-corrected chi connectivity index (χ3v) is 7.80. The smallest absolute Gasteiger partial charge is 0.158 e. The second-order valence-corrected chi connectivity index (χ2v) is 9.76. The molecule has 31 heavy (non-hydrogen) atoms. The highest BCUT2D eigenvalue weighted by atomic mass is 32.1. The maximum Gasteiger partial charge on any atom is 0.158 e. The number of ether oxygens (including phenoxy) is 1. The number of fused-ring (bicyclic) bond motifs is 3. The fourth-order valence-electron chi connectivity index (χ4n) is 4.24. The summed E-state index contributed by atoms with van der Waals surface area (Å²) in [5, 5.41) is 5.53. The molecule has 1 N–H and O–H groups in total. The zero-order valence-corrected chi connectivity index (χ0v) is 19.5. The SMILES string of the molecule is CCC(C)(C)[C@@H]1CCc2sc3ncnc(N/N=C\C=C\c4ccccc4OC)c3c2C1. The summed E-state index contributed by atoms with van der Waals surface area (Å²) in [6.07, 6.45) is 11.9. The first kappa shape index (κ1) is 21.5. The lowest BCUT2D eigenvalue weighted by Gasteiger charge is -2.36. The molecule has 0 amide bonds. The van der Waals surface area contributed by atoms with Gasteiger partial charge in [0, 0.05) is 16.7 Å². The number of anilines is 1. The quantitative estimate of drug-likeness (QED) is 0.348. The topological polar surface area (TPSA) is 59.4 Å². The fraction of sp³-hybridized carbons (Fsp3) is 0.400. The summed E-state index contributed by atoms with van der Waals surface area (Å²) in [6, 6.07) is 7.90. The summed E-state index contributed by atoms with van der Waals surface area (Å²) < 4.78 is 5.38. The molecule has 0 unspecified atom stereocenters. The second kappa shape index (κ2) is 9.18. The number of rotatable bonds is 7.